The molecular formula is C18H20N4O4. The number of aromatic nitrogens is 1. The van der Waals surface area contributed by atoms with Gasteiger partial charge in [0.1, 0.15) is 11.5 Å². The second-order valence-electron chi connectivity index (χ2n) is 6.12. The number of anilines is 2. The van der Waals surface area contributed by atoms with Crippen molar-refractivity contribution in [3.8, 4) is 0 Å². The van der Waals surface area contributed by atoms with Gasteiger partial charge in [0.25, 0.3) is 11.6 Å². The normalized spacial score (nSPS) is 16.3. The Bertz CT molecular complexity index is 819. The Kier molecular flexibility index (Phi) is 5.43. The summed E-state index contributed by atoms with van der Waals surface area (Å²) in [5, 5.41) is 17.1. The molecule has 0 bridgehead atoms. The standard InChI is InChI=1S/C18H20N4O4/c1-12-4-2-6-17(20-12)21-18(23)13-7-8-15(16(10-13)22(24)25)19-11-14-5-3-9-26-14/h2,4,6-8,10,14,19H,3,5,9,11H2,1H3,(H,20,21,23)/t14-/m0/s1. The molecule has 0 aliphatic carbocycles. The smallest absolute Gasteiger partial charge is 0.293 e. The lowest BCUT2D eigenvalue weighted by molar-refractivity contribution is -0.384. The van der Waals surface area contributed by atoms with E-state index in [1.54, 1.807) is 24.3 Å². The number of hydrogen-bond acceptors (Lipinski definition) is 6. The first-order valence-electron chi connectivity index (χ1n) is 8.42. The number of carbonyl (C=O) groups is 1. The van der Waals surface area contributed by atoms with Crippen molar-refractivity contribution in [2.45, 2.75) is 25.9 Å². The summed E-state index contributed by atoms with van der Waals surface area (Å²) >= 11 is 0. The van der Waals surface area contributed by atoms with E-state index in [0.717, 1.165) is 25.1 Å². The first kappa shape index (κ1) is 17.8. The fraction of sp³-hybridized carbons (Fsp3) is 0.333. The Morgan fingerprint density at radius 3 is 2.92 bits per heavy atom. The van der Waals surface area contributed by atoms with Gasteiger partial charge in [-0.2, -0.15) is 0 Å². The van der Waals surface area contributed by atoms with Crippen molar-refractivity contribution >= 4 is 23.1 Å². The SMILES string of the molecule is Cc1cccc(NC(=O)c2ccc(NC[C@@H]3CCCO3)c([N+](=O)[O-])c2)n1. The molecule has 0 spiro atoms. The van der Waals surface area contributed by atoms with E-state index in [9.17, 15) is 14.9 Å². The minimum absolute atomic E-state index is 0.0602. The van der Waals surface area contributed by atoms with Crippen molar-refractivity contribution in [2.75, 3.05) is 23.8 Å². The summed E-state index contributed by atoms with van der Waals surface area (Å²) in [6, 6.07) is 9.62. The number of hydrogen-bond donors (Lipinski definition) is 2. The average Bonchev–Trinajstić information content (AvgIpc) is 3.13. The molecule has 26 heavy (non-hydrogen) atoms. The molecule has 1 aromatic carbocycles. The molecule has 8 heteroatoms. The molecule has 2 N–H and O–H groups in total. The van der Waals surface area contributed by atoms with Crippen LogP contribution in [0.2, 0.25) is 0 Å². The Hall–Kier alpha value is -3.00. The number of nitro benzene ring substituents is 1. The van der Waals surface area contributed by atoms with Crippen LogP contribution < -0.4 is 10.6 Å². The molecule has 136 valence electrons. The molecule has 1 amide bonds. The minimum Gasteiger partial charge on any atom is -0.377 e. The zero-order valence-electron chi connectivity index (χ0n) is 14.4. The van der Waals surface area contributed by atoms with Gasteiger partial charge in [0, 0.05) is 30.5 Å². The first-order valence-corrected chi connectivity index (χ1v) is 8.42. The maximum absolute atomic E-state index is 12.4. The van der Waals surface area contributed by atoms with Crippen LogP contribution in [-0.2, 0) is 4.74 Å². The monoisotopic (exact) mass is 356 g/mol. The number of aryl methyl sites for hydroxylation is 1. The molecule has 2 heterocycles. The molecule has 1 atom stereocenters. The van der Waals surface area contributed by atoms with Crippen molar-refractivity contribution in [1.29, 1.82) is 0 Å². The number of amides is 1. The quantitative estimate of drug-likeness (QED) is 0.608. The zero-order valence-corrected chi connectivity index (χ0v) is 14.4. The van der Waals surface area contributed by atoms with Gasteiger partial charge in [0.2, 0.25) is 0 Å². The number of carbonyl (C=O) groups excluding carboxylic acids is 1. The Labute approximate surface area is 150 Å². The predicted octanol–water partition coefficient (Wildman–Crippen LogP) is 3.14. The number of nitrogens with zero attached hydrogens (tertiary/aromatic N) is 2. The highest BCUT2D eigenvalue weighted by Crippen LogP contribution is 2.26. The van der Waals surface area contributed by atoms with E-state index in [-0.39, 0.29) is 17.4 Å². The van der Waals surface area contributed by atoms with Crippen molar-refractivity contribution in [3.05, 3.63) is 57.8 Å². The highest BCUT2D eigenvalue weighted by molar-refractivity contribution is 6.04. The third-order valence-electron chi connectivity index (χ3n) is 4.13. The molecule has 1 fully saturated rings. The van der Waals surface area contributed by atoms with Crippen LogP contribution in [0.5, 0.6) is 0 Å². The highest BCUT2D eigenvalue weighted by atomic mass is 16.6. The minimum atomic E-state index is -0.500. The molecule has 1 aliphatic heterocycles. The molecule has 2 aromatic rings. The average molecular weight is 356 g/mol. The predicted molar refractivity (Wildman–Crippen MR) is 97.5 cm³/mol. The van der Waals surface area contributed by atoms with Crippen LogP contribution in [0.25, 0.3) is 0 Å². The largest absolute Gasteiger partial charge is 0.377 e. The van der Waals surface area contributed by atoms with Crippen LogP contribution in [0.1, 0.15) is 28.9 Å². The molecule has 8 nitrogen and oxygen atoms in total. The molecule has 3 rings (SSSR count). The molecule has 1 aliphatic rings. The maximum atomic E-state index is 12.4. The van der Waals surface area contributed by atoms with Crippen LogP contribution in [0.4, 0.5) is 17.2 Å². The van der Waals surface area contributed by atoms with E-state index in [4.69, 9.17) is 4.74 Å². The Morgan fingerprint density at radius 2 is 2.23 bits per heavy atom. The summed E-state index contributed by atoms with van der Waals surface area (Å²) in [5.41, 5.74) is 1.19. The maximum Gasteiger partial charge on any atom is 0.293 e. The number of nitro groups is 1. The lowest BCUT2D eigenvalue weighted by Crippen LogP contribution is -2.19. The molecule has 1 aromatic heterocycles. The van der Waals surface area contributed by atoms with Crippen LogP contribution in [0.3, 0.4) is 0 Å². The van der Waals surface area contributed by atoms with Crippen LogP contribution in [0.15, 0.2) is 36.4 Å². The Balaban J connectivity index is 1.74. The van der Waals surface area contributed by atoms with Gasteiger partial charge in [-0.1, -0.05) is 6.07 Å². The van der Waals surface area contributed by atoms with Crippen molar-refractivity contribution in [2.24, 2.45) is 0 Å². The van der Waals surface area contributed by atoms with Gasteiger partial charge in [0.15, 0.2) is 0 Å². The van der Waals surface area contributed by atoms with E-state index in [1.165, 1.54) is 6.07 Å². The third-order valence-corrected chi connectivity index (χ3v) is 4.13. The van der Waals surface area contributed by atoms with Gasteiger partial charge in [-0.15, -0.1) is 0 Å². The summed E-state index contributed by atoms with van der Waals surface area (Å²) in [6.45, 7) is 3.04. The van der Waals surface area contributed by atoms with Gasteiger partial charge in [0.05, 0.1) is 11.0 Å². The molecule has 0 radical (unpaired) electrons. The summed E-state index contributed by atoms with van der Waals surface area (Å²) in [7, 11) is 0. The van der Waals surface area contributed by atoms with E-state index >= 15 is 0 Å². The lowest BCUT2D eigenvalue weighted by Gasteiger charge is -2.12. The van der Waals surface area contributed by atoms with Crippen LogP contribution in [-0.4, -0.2) is 35.1 Å². The molecule has 1 saturated heterocycles. The highest BCUT2D eigenvalue weighted by Gasteiger charge is 2.20. The summed E-state index contributed by atoms with van der Waals surface area (Å²) in [5.74, 6) is -0.0462. The lowest BCUT2D eigenvalue weighted by atomic mass is 10.1. The second-order valence-corrected chi connectivity index (χ2v) is 6.12. The van der Waals surface area contributed by atoms with E-state index in [0.29, 0.717) is 18.1 Å². The second kappa shape index (κ2) is 7.92. The fourth-order valence-electron chi connectivity index (χ4n) is 2.80. The van der Waals surface area contributed by atoms with E-state index in [1.807, 2.05) is 13.0 Å². The van der Waals surface area contributed by atoms with Crippen molar-refractivity contribution in [1.82, 2.24) is 4.98 Å². The van der Waals surface area contributed by atoms with Gasteiger partial charge in [-0.25, -0.2) is 4.98 Å². The third kappa shape index (κ3) is 4.34. The topological polar surface area (TPSA) is 106 Å². The number of nitrogens with one attached hydrogen (secondary N) is 2. The van der Waals surface area contributed by atoms with Crippen molar-refractivity contribution in [3.63, 3.8) is 0 Å². The molecule has 0 unspecified atom stereocenters. The van der Waals surface area contributed by atoms with Gasteiger partial charge < -0.3 is 15.4 Å². The molecular weight excluding hydrogens is 336 g/mol. The summed E-state index contributed by atoms with van der Waals surface area (Å²) in [6.07, 6.45) is 2.00. The van der Waals surface area contributed by atoms with E-state index < -0.39 is 10.8 Å². The van der Waals surface area contributed by atoms with E-state index in [2.05, 4.69) is 15.6 Å². The van der Waals surface area contributed by atoms with Gasteiger partial charge in [-0.05, 0) is 44.0 Å². The van der Waals surface area contributed by atoms with Crippen LogP contribution >= 0.6 is 0 Å². The number of benzene rings is 1. The molecule has 0 saturated carbocycles. The first-order chi connectivity index (χ1) is 12.5. The summed E-state index contributed by atoms with van der Waals surface area (Å²) < 4.78 is 5.51. The zero-order chi connectivity index (χ0) is 18.5. The van der Waals surface area contributed by atoms with Crippen LogP contribution in [0, 0.1) is 17.0 Å². The number of ether oxygens (including phenoxy) is 1. The Morgan fingerprint density at radius 1 is 1.38 bits per heavy atom. The fourth-order valence-corrected chi connectivity index (χ4v) is 2.80. The number of rotatable bonds is 6. The van der Waals surface area contributed by atoms with Crippen molar-refractivity contribution < 1.29 is 14.5 Å². The number of pyridine rings is 1. The van der Waals surface area contributed by atoms with Gasteiger partial charge in [-0.3, -0.25) is 14.9 Å². The van der Waals surface area contributed by atoms with Gasteiger partial charge >= 0.3 is 0 Å². The summed E-state index contributed by atoms with van der Waals surface area (Å²) in [4.78, 5) is 27.4.